The first kappa shape index (κ1) is 22.4. The molecule has 0 saturated carbocycles. The summed E-state index contributed by atoms with van der Waals surface area (Å²) in [5.41, 5.74) is 2.78. The van der Waals surface area contributed by atoms with Crippen LogP contribution < -0.4 is 16.1 Å². The van der Waals surface area contributed by atoms with Gasteiger partial charge in [-0.3, -0.25) is 13.9 Å². The van der Waals surface area contributed by atoms with Gasteiger partial charge < -0.3 is 9.47 Å². The van der Waals surface area contributed by atoms with E-state index in [1.807, 2.05) is 10.6 Å². The van der Waals surface area contributed by atoms with Crippen molar-refractivity contribution in [2.24, 2.45) is 7.05 Å². The van der Waals surface area contributed by atoms with Gasteiger partial charge in [0.2, 0.25) is 5.95 Å². The molecule has 0 spiro atoms. The highest BCUT2D eigenvalue weighted by atomic mass is 16.2. The van der Waals surface area contributed by atoms with Gasteiger partial charge in [-0.2, -0.15) is 4.98 Å². The van der Waals surface area contributed by atoms with Crippen LogP contribution in [0.2, 0.25) is 0 Å². The zero-order valence-electron chi connectivity index (χ0n) is 19.6. The Morgan fingerprint density at radius 2 is 1.75 bits per heavy atom. The van der Waals surface area contributed by atoms with E-state index < -0.39 is 0 Å². The Kier molecular flexibility index (Phi) is 6.82. The summed E-state index contributed by atoms with van der Waals surface area (Å²) in [7, 11) is 1.72. The molecule has 1 aliphatic rings. The number of aryl methyl sites for hydroxylation is 3. The Morgan fingerprint density at radius 3 is 2.50 bits per heavy atom. The van der Waals surface area contributed by atoms with Gasteiger partial charge in [-0.05, 0) is 37.5 Å². The van der Waals surface area contributed by atoms with Crippen LogP contribution in [0.3, 0.4) is 0 Å². The molecule has 7 nitrogen and oxygen atoms in total. The molecule has 0 atom stereocenters. The van der Waals surface area contributed by atoms with E-state index in [0.29, 0.717) is 17.7 Å². The number of benzene rings is 1. The molecule has 7 heteroatoms. The van der Waals surface area contributed by atoms with Crippen LogP contribution in [-0.2, 0) is 20.1 Å². The highest BCUT2D eigenvalue weighted by Gasteiger charge is 2.26. The molecule has 0 N–H and O–H groups in total. The highest BCUT2D eigenvalue weighted by molar-refractivity contribution is 5.77. The fraction of sp³-hybridized carbons (Fsp3) is 0.560. The van der Waals surface area contributed by atoms with Gasteiger partial charge in [0.25, 0.3) is 5.56 Å². The van der Waals surface area contributed by atoms with Crippen LogP contribution in [0, 0.1) is 6.92 Å². The van der Waals surface area contributed by atoms with Gasteiger partial charge in [0.1, 0.15) is 0 Å². The van der Waals surface area contributed by atoms with Gasteiger partial charge >= 0.3 is 5.69 Å². The molecular formula is C25H35N5O2. The predicted molar refractivity (Wildman–Crippen MR) is 130 cm³/mol. The number of anilines is 2. The van der Waals surface area contributed by atoms with Gasteiger partial charge in [0, 0.05) is 32.4 Å². The number of imidazole rings is 1. The summed E-state index contributed by atoms with van der Waals surface area (Å²) in [5, 5.41) is 0. The minimum atomic E-state index is -0.272. The third-order valence-corrected chi connectivity index (χ3v) is 6.52. The Hall–Kier alpha value is -2.83. The number of aromatic nitrogens is 4. The minimum absolute atomic E-state index is 0.209. The van der Waals surface area contributed by atoms with E-state index in [-0.39, 0.29) is 11.2 Å². The van der Waals surface area contributed by atoms with Gasteiger partial charge in [-0.1, -0.05) is 57.6 Å². The topological polar surface area (TPSA) is 65.1 Å². The summed E-state index contributed by atoms with van der Waals surface area (Å²) in [6.45, 7) is 6.33. The molecule has 0 unspecified atom stereocenters. The molecule has 172 valence electrons. The van der Waals surface area contributed by atoms with Gasteiger partial charge in [0.15, 0.2) is 11.2 Å². The third-order valence-electron chi connectivity index (χ3n) is 6.52. The second kappa shape index (κ2) is 9.76. The molecule has 0 bridgehead atoms. The monoisotopic (exact) mass is 437 g/mol. The summed E-state index contributed by atoms with van der Waals surface area (Å²) < 4.78 is 4.96. The smallest absolute Gasteiger partial charge is 0.312 e. The Labute approximate surface area is 189 Å². The molecule has 1 aromatic carbocycles. The van der Waals surface area contributed by atoms with Gasteiger partial charge in [0.05, 0.1) is 0 Å². The fourth-order valence-electron chi connectivity index (χ4n) is 4.73. The van der Waals surface area contributed by atoms with Crippen LogP contribution in [0.1, 0.15) is 63.9 Å². The van der Waals surface area contributed by atoms with E-state index >= 15 is 0 Å². The molecule has 3 aromatic rings. The van der Waals surface area contributed by atoms with E-state index in [4.69, 9.17) is 4.98 Å². The van der Waals surface area contributed by atoms with E-state index in [1.54, 1.807) is 7.05 Å². The summed E-state index contributed by atoms with van der Waals surface area (Å²) in [5.74, 6) is 0.748. The van der Waals surface area contributed by atoms with Crippen molar-refractivity contribution in [3.63, 3.8) is 0 Å². The quantitative estimate of drug-likeness (QED) is 0.463. The standard InChI is InChI=1S/C25H35N5O2/c1-4-5-6-7-8-9-10-15-30-23(31)21-22(27(3)25(30)32)26-24-28(16-12-17-29(21)24)20-14-11-13-19(2)18-20/h11,13-14,18H,4-10,12,15-17H2,1-3H3. The number of rotatable bonds is 9. The SMILES string of the molecule is CCCCCCCCCn1c(=O)c2c(nc3n2CCCN3c2cccc(C)c2)n(C)c1=O. The first-order valence-electron chi connectivity index (χ1n) is 12.1. The minimum Gasteiger partial charge on any atom is -0.312 e. The van der Waals surface area contributed by atoms with E-state index in [1.165, 1.54) is 40.4 Å². The molecular weight excluding hydrogens is 402 g/mol. The molecule has 0 radical (unpaired) electrons. The molecule has 4 rings (SSSR count). The van der Waals surface area contributed by atoms with Crippen LogP contribution in [0.5, 0.6) is 0 Å². The van der Waals surface area contributed by atoms with Crippen molar-refractivity contribution in [3.05, 3.63) is 50.7 Å². The van der Waals surface area contributed by atoms with Crippen LogP contribution in [0.25, 0.3) is 11.2 Å². The van der Waals surface area contributed by atoms with E-state index in [0.717, 1.165) is 50.4 Å². The first-order chi connectivity index (χ1) is 15.5. The molecule has 32 heavy (non-hydrogen) atoms. The summed E-state index contributed by atoms with van der Waals surface area (Å²) in [6, 6.07) is 8.31. The van der Waals surface area contributed by atoms with Crippen molar-refractivity contribution in [3.8, 4) is 0 Å². The number of unbranched alkanes of at least 4 members (excludes halogenated alkanes) is 6. The lowest BCUT2D eigenvalue weighted by Gasteiger charge is -2.29. The summed E-state index contributed by atoms with van der Waals surface area (Å²) >= 11 is 0. The molecule has 3 heterocycles. The number of hydrogen-bond donors (Lipinski definition) is 0. The number of hydrogen-bond acceptors (Lipinski definition) is 4. The maximum atomic E-state index is 13.4. The fourth-order valence-corrected chi connectivity index (χ4v) is 4.73. The molecule has 1 aliphatic heterocycles. The van der Waals surface area contributed by atoms with Crippen LogP contribution in [0.15, 0.2) is 33.9 Å². The normalized spacial score (nSPS) is 13.7. The van der Waals surface area contributed by atoms with Crippen molar-refractivity contribution in [1.29, 1.82) is 0 Å². The predicted octanol–water partition coefficient (Wildman–Crippen LogP) is 4.50. The summed E-state index contributed by atoms with van der Waals surface area (Å²) in [6.07, 6.45) is 8.99. The van der Waals surface area contributed by atoms with Crippen LogP contribution >= 0.6 is 0 Å². The maximum absolute atomic E-state index is 13.4. The maximum Gasteiger partial charge on any atom is 0.332 e. The zero-order valence-corrected chi connectivity index (χ0v) is 19.6. The van der Waals surface area contributed by atoms with Crippen molar-refractivity contribution in [2.45, 2.75) is 78.3 Å². The number of fused-ring (bicyclic) bond motifs is 3. The molecule has 0 fully saturated rings. The number of nitrogens with zero attached hydrogens (tertiary/aromatic N) is 5. The molecule has 0 aliphatic carbocycles. The van der Waals surface area contributed by atoms with Crippen molar-refractivity contribution in [2.75, 3.05) is 11.4 Å². The first-order valence-corrected chi connectivity index (χ1v) is 12.1. The van der Waals surface area contributed by atoms with E-state index in [2.05, 4.69) is 36.9 Å². The van der Waals surface area contributed by atoms with Crippen molar-refractivity contribution in [1.82, 2.24) is 18.7 Å². The zero-order chi connectivity index (χ0) is 22.7. The molecule has 2 aromatic heterocycles. The van der Waals surface area contributed by atoms with Gasteiger partial charge in [-0.25, -0.2) is 4.79 Å². The molecule has 0 saturated heterocycles. The average molecular weight is 438 g/mol. The third kappa shape index (κ3) is 4.25. The van der Waals surface area contributed by atoms with Crippen molar-refractivity contribution >= 4 is 22.8 Å². The lowest BCUT2D eigenvalue weighted by molar-refractivity contribution is 0.521. The second-order valence-electron chi connectivity index (χ2n) is 9.00. The second-order valence-corrected chi connectivity index (χ2v) is 9.00. The van der Waals surface area contributed by atoms with Crippen LogP contribution in [0.4, 0.5) is 11.6 Å². The van der Waals surface area contributed by atoms with E-state index in [9.17, 15) is 9.59 Å². The average Bonchev–Trinajstić information content (AvgIpc) is 3.19. The Bertz CT molecular complexity index is 1200. The van der Waals surface area contributed by atoms with Gasteiger partial charge in [-0.15, -0.1) is 0 Å². The largest absolute Gasteiger partial charge is 0.332 e. The molecule has 0 amide bonds. The Balaban J connectivity index is 1.65. The van der Waals surface area contributed by atoms with Crippen molar-refractivity contribution < 1.29 is 0 Å². The summed E-state index contributed by atoms with van der Waals surface area (Å²) in [4.78, 5) is 33.3. The highest BCUT2D eigenvalue weighted by Crippen LogP contribution is 2.31. The lowest BCUT2D eigenvalue weighted by atomic mass is 10.1. The van der Waals surface area contributed by atoms with Crippen LogP contribution in [-0.4, -0.2) is 25.2 Å². The lowest BCUT2D eigenvalue weighted by Crippen LogP contribution is -2.40. The Morgan fingerprint density at radius 1 is 1.00 bits per heavy atom.